The fraction of sp³-hybridized carbons (Fsp3) is 0.375. The van der Waals surface area contributed by atoms with Crippen LogP contribution >= 0.6 is 0 Å². The maximum absolute atomic E-state index is 12.7. The van der Waals surface area contributed by atoms with Gasteiger partial charge in [0.15, 0.2) is 0 Å². The Morgan fingerprint density at radius 1 is 1.00 bits per heavy atom. The molecule has 0 saturated heterocycles. The maximum atomic E-state index is 12.7. The van der Waals surface area contributed by atoms with Gasteiger partial charge >= 0.3 is 0 Å². The van der Waals surface area contributed by atoms with E-state index < -0.39 is 0 Å². The molecule has 1 unspecified atom stereocenters. The predicted molar refractivity (Wildman–Crippen MR) is 119 cm³/mol. The lowest BCUT2D eigenvalue weighted by Crippen LogP contribution is -2.37. The largest absolute Gasteiger partial charge is 0.352 e. The third kappa shape index (κ3) is 4.87. The van der Waals surface area contributed by atoms with E-state index in [0.717, 1.165) is 29.4 Å². The van der Waals surface area contributed by atoms with Crippen LogP contribution in [0.25, 0.3) is 11.0 Å². The minimum absolute atomic E-state index is 0.0508. The van der Waals surface area contributed by atoms with Gasteiger partial charge in [0.25, 0.3) is 5.91 Å². The number of rotatable bonds is 8. The highest BCUT2D eigenvalue weighted by Gasteiger charge is 2.21. The van der Waals surface area contributed by atoms with E-state index in [1.54, 1.807) is 0 Å². The number of nitrogens with zero attached hydrogens (tertiary/aromatic N) is 2. The summed E-state index contributed by atoms with van der Waals surface area (Å²) in [6, 6.07) is 15.0. The van der Waals surface area contributed by atoms with E-state index in [9.17, 15) is 9.59 Å². The zero-order chi connectivity index (χ0) is 21.7. The highest BCUT2D eigenvalue weighted by atomic mass is 16.2. The monoisotopic (exact) mass is 406 g/mol. The van der Waals surface area contributed by atoms with Crippen LogP contribution in [0.5, 0.6) is 0 Å². The summed E-state index contributed by atoms with van der Waals surface area (Å²) in [6.45, 7) is 8.17. The second-order valence-electron chi connectivity index (χ2n) is 7.69. The van der Waals surface area contributed by atoms with Gasteiger partial charge in [-0.15, -0.1) is 0 Å². The van der Waals surface area contributed by atoms with E-state index in [1.165, 1.54) is 0 Å². The number of aryl methyl sites for hydroxylation is 1. The molecule has 0 aliphatic rings. The number of carbonyl (C=O) groups excluding carboxylic acids is 2. The van der Waals surface area contributed by atoms with Crippen LogP contribution < -0.4 is 10.6 Å². The van der Waals surface area contributed by atoms with Crippen LogP contribution in [0.2, 0.25) is 0 Å². The summed E-state index contributed by atoms with van der Waals surface area (Å²) < 4.78 is 1.90. The average molecular weight is 407 g/mol. The Hall–Kier alpha value is -3.15. The molecule has 2 aromatic carbocycles. The first kappa shape index (κ1) is 21.6. The summed E-state index contributed by atoms with van der Waals surface area (Å²) in [5.74, 6) is 0.448. The third-order valence-corrected chi connectivity index (χ3v) is 5.39. The molecule has 3 aromatic rings. The first-order chi connectivity index (χ1) is 14.4. The van der Waals surface area contributed by atoms with E-state index in [1.807, 2.05) is 66.9 Å². The highest BCUT2D eigenvalue weighted by molar-refractivity contribution is 5.94. The molecular weight excluding hydrogens is 376 g/mol. The smallest absolute Gasteiger partial charge is 0.251 e. The fourth-order valence-electron chi connectivity index (χ4n) is 3.55. The number of aromatic nitrogens is 2. The average Bonchev–Trinajstić information content (AvgIpc) is 3.11. The van der Waals surface area contributed by atoms with Gasteiger partial charge in [-0.2, -0.15) is 0 Å². The molecule has 1 atom stereocenters. The Labute approximate surface area is 177 Å². The predicted octanol–water partition coefficient (Wildman–Crippen LogP) is 4.14. The molecule has 6 nitrogen and oxygen atoms in total. The molecule has 6 heteroatoms. The molecule has 0 bridgehead atoms. The van der Waals surface area contributed by atoms with Gasteiger partial charge in [0.2, 0.25) is 5.91 Å². The number of benzene rings is 2. The first-order valence-corrected chi connectivity index (χ1v) is 10.5. The zero-order valence-electron chi connectivity index (χ0n) is 18.1. The van der Waals surface area contributed by atoms with Crippen molar-refractivity contribution in [3.05, 3.63) is 65.5 Å². The van der Waals surface area contributed by atoms with Gasteiger partial charge in [-0.25, -0.2) is 4.98 Å². The lowest BCUT2D eigenvalue weighted by atomic mass is 10.1. The number of carbonyl (C=O) groups is 2. The van der Waals surface area contributed by atoms with Crippen molar-refractivity contribution in [1.82, 2.24) is 20.2 Å². The summed E-state index contributed by atoms with van der Waals surface area (Å²) in [5.41, 5.74) is 3.38. The van der Waals surface area contributed by atoms with Gasteiger partial charge in [-0.05, 0) is 51.0 Å². The molecule has 0 aliphatic carbocycles. The van der Waals surface area contributed by atoms with Crippen LogP contribution in [0.15, 0.2) is 48.5 Å². The van der Waals surface area contributed by atoms with Crippen LogP contribution in [-0.2, 0) is 11.3 Å². The van der Waals surface area contributed by atoms with Crippen molar-refractivity contribution in [2.45, 2.75) is 59.2 Å². The summed E-state index contributed by atoms with van der Waals surface area (Å²) >= 11 is 0. The molecule has 0 fully saturated rings. The lowest BCUT2D eigenvalue weighted by molar-refractivity contribution is -0.122. The normalized spacial score (nSPS) is 12.2. The number of imidazole rings is 1. The molecule has 30 heavy (non-hydrogen) atoms. The second-order valence-corrected chi connectivity index (χ2v) is 7.69. The van der Waals surface area contributed by atoms with Crippen molar-refractivity contribution in [1.29, 1.82) is 0 Å². The Balaban J connectivity index is 1.85. The molecule has 0 spiro atoms. The summed E-state index contributed by atoms with van der Waals surface area (Å²) in [6.07, 6.45) is 1.78. The second kappa shape index (κ2) is 9.57. The molecule has 2 amide bonds. The summed E-state index contributed by atoms with van der Waals surface area (Å²) in [7, 11) is 0. The number of fused-ring (bicyclic) bond motifs is 1. The van der Waals surface area contributed by atoms with E-state index in [-0.39, 0.29) is 30.4 Å². The van der Waals surface area contributed by atoms with Gasteiger partial charge in [-0.1, -0.05) is 43.7 Å². The van der Waals surface area contributed by atoms with Crippen molar-refractivity contribution in [3.63, 3.8) is 0 Å². The van der Waals surface area contributed by atoms with Gasteiger partial charge in [0.05, 0.1) is 17.1 Å². The van der Waals surface area contributed by atoms with Crippen molar-refractivity contribution in [3.8, 4) is 0 Å². The Morgan fingerprint density at radius 2 is 1.67 bits per heavy atom. The molecule has 3 rings (SSSR count). The molecule has 158 valence electrons. The van der Waals surface area contributed by atoms with Crippen LogP contribution in [0.1, 0.15) is 61.4 Å². The Bertz CT molecular complexity index is 1020. The molecule has 1 aromatic heterocycles. The number of para-hydroxylation sites is 2. The van der Waals surface area contributed by atoms with Gasteiger partial charge in [-0.3, -0.25) is 9.59 Å². The van der Waals surface area contributed by atoms with Crippen molar-refractivity contribution in [2.75, 3.05) is 0 Å². The van der Waals surface area contributed by atoms with E-state index in [0.29, 0.717) is 11.4 Å². The molecule has 0 radical (unpaired) electrons. The quantitative estimate of drug-likeness (QED) is 0.590. The van der Waals surface area contributed by atoms with E-state index >= 15 is 0 Å². The van der Waals surface area contributed by atoms with Gasteiger partial charge in [0.1, 0.15) is 12.4 Å². The van der Waals surface area contributed by atoms with Gasteiger partial charge < -0.3 is 15.2 Å². The van der Waals surface area contributed by atoms with E-state index in [4.69, 9.17) is 4.98 Å². The van der Waals surface area contributed by atoms with Crippen LogP contribution in [0.3, 0.4) is 0 Å². The molecule has 0 aliphatic heterocycles. The molecule has 1 heterocycles. The first-order valence-electron chi connectivity index (χ1n) is 10.5. The SMILES string of the molecule is CCC(CC)NC(=O)Cn1c(C(C)NC(=O)c2ccc(C)cc2)nc2ccccc21. The molecule has 0 saturated carbocycles. The number of hydrogen-bond acceptors (Lipinski definition) is 3. The number of hydrogen-bond donors (Lipinski definition) is 2. The van der Waals surface area contributed by atoms with Gasteiger partial charge in [0, 0.05) is 11.6 Å². The zero-order valence-corrected chi connectivity index (χ0v) is 18.1. The maximum Gasteiger partial charge on any atom is 0.251 e. The number of nitrogens with one attached hydrogen (secondary N) is 2. The Kier molecular flexibility index (Phi) is 6.87. The topological polar surface area (TPSA) is 76.0 Å². The van der Waals surface area contributed by atoms with Crippen molar-refractivity contribution >= 4 is 22.8 Å². The van der Waals surface area contributed by atoms with Crippen LogP contribution in [-0.4, -0.2) is 27.4 Å². The van der Waals surface area contributed by atoms with Crippen molar-refractivity contribution < 1.29 is 9.59 Å². The summed E-state index contributed by atoms with van der Waals surface area (Å²) in [5, 5.41) is 6.10. The number of amides is 2. The molecule has 2 N–H and O–H groups in total. The van der Waals surface area contributed by atoms with Crippen molar-refractivity contribution in [2.24, 2.45) is 0 Å². The minimum atomic E-state index is -0.354. The minimum Gasteiger partial charge on any atom is -0.352 e. The lowest BCUT2D eigenvalue weighted by Gasteiger charge is -2.18. The third-order valence-electron chi connectivity index (χ3n) is 5.39. The Morgan fingerprint density at radius 3 is 2.33 bits per heavy atom. The summed E-state index contributed by atoms with van der Waals surface area (Å²) in [4.78, 5) is 30.1. The van der Waals surface area contributed by atoms with Crippen LogP contribution in [0, 0.1) is 6.92 Å². The van der Waals surface area contributed by atoms with E-state index in [2.05, 4.69) is 24.5 Å². The molecular formula is C24H30N4O2. The standard InChI is InChI=1S/C24H30N4O2/c1-5-19(6-2)26-22(29)15-28-21-10-8-7-9-20(21)27-23(28)17(4)25-24(30)18-13-11-16(3)12-14-18/h7-14,17,19H,5-6,15H2,1-4H3,(H,25,30)(H,26,29). The fourth-order valence-corrected chi connectivity index (χ4v) is 3.55. The van der Waals surface area contributed by atoms with Crippen LogP contribution in [0.4, 0.5) is 0 Å². The highest BCUT2D eigenvalue weighted by Crippen LogP contribution is 2.21.